The van der Waals surface area contributed by atoms with Gasteiger partial charge in [-0.2, -0.15) is 5.10 Å². The summed E-state index contributed by atoms with van der Waals surface area (Å²) in [4.78, 5) is 27.2. The van der Waals surface area contributed by atoms with Crippen molar-refractivity contribution in [2.75, 3.05) is 13.1 Å². The van der Waals surface area contributed by atoms with Gasteiger partial charge in [0.1, 0.15) is 18.0 Å². The van der Waals surface area contributed by atoms with Gasteiger partial charge in [-0.15, -0.1) is 0 Å². The van der Waals surface area contributed by atoms with Crippen LogP contribution in [-0.4, -0.2) is 38.2 Å². The third-order valence-corrected chi connectivity index (χ3v) is 5.10. The zero-order chi connectivity index (χ0) is 19.1. The average Bonchev–Trinajstić information content (AvgIpc) is 3.26. The Morgan fingerprint density at radius 2 is 1.93 bits per heavy atom. The number of halogens is 1. The van der Waals surface area contributed by atoms with Gasteiger partial charge in [0.05, 0.1) is 11.4 Å². The van der Waals surface area contributed by atoms with Crippen LogP contribution in [0.1, 0.15) is 24.1 Å². The molecule has 1 aliphatic rings. The molecule has 0 bridgehead atoms. The lowest BCUT2D eigenvalue weighted by molar-refractivity contribution is -0.130. The Kier molecular flexibility index (Phi) is 4.30. The van der Waals surface area contributed by atoms with Crippen molar-refractivity contribution in [1.82, 2.24) is 19.2 Å². The fourth-order valence-corrected chi connectivity index (χ4v) is 3.81. The van der Waals surface area contributed by atoms with Crippen molar-refractivity contribution < 1.29 is 9.18 Å². The molecule has 0 atom stereocenters. The Hall–Kier alpha value is -2.96. The molecule has 3 heterocycles. The van der Waals surface area contributed by atoms with E-state index in [1.807, 2.05) is 13.8 Å². The highest BCUT2D eigenvalue weighted by Crippen LogP contribution is 2.24. The third-order valence-electron chi connectivity index (χ3n) is 5.10. The highest BCUT2D eigenvalue weighted by Gasteiger charge is 2.22. The number of amides is 1. The van der Waals surface area contributed by atoms with Crippen LogP contribution in [0, 0.1) is 19.7 Å². The molecule has 1 aliphatic heterocycles. The Labute approximate surface area is 155 Å². The predicted molar refractivity (Wildman–Crippen MR) is 101 cm³/mol. The molecule has 1 fully saturated rings. The highest BCUT2D eigenvalue weighted by atomic mass is 19.1. The van der Waals surface area contributed by atoms with E-state index in [-0.39, 0.29) is 23.8 Å². The molecule has 7 heteroatoms. The van der Waals surface area contributed by atoms with E-state index >= 15 is 0 Å². The van der Waals surface area contributed by atoms with Crippen LogP contribution in [0.5, 0.6) is 0 Å². The van der Waals surface area contributed by atoms with E-state index in [1.54, 1.807) is 21.7 Å². The standard InChI is InChI=1S/C20H21FN4O2/c1-13-10-17(26)24(12-18(27)23-8-3-4-9-23)20-19(13)14(2)22-25(20)16-7-5-6-15(21)11-16/h5-7,10-11H,3-4,8-9,12H2,1-2H3. The summed E-state index contributed by atoms with van der Waals surface area (Å²) < 4.78 is 16.8. The van der Waals surface area contributed by atoms with Gasteiger partial charge >= 0.3 is 0 Å². The fraction of sp³-hybridized carbons (Fsp3) is 0.350. The summed E-state index contributed by atoms with van der Waals surface area (Å²) in [6, 6.07) is 7.59. The molecule has 2 aromatic heterocycles. The van der Waals surface area contributed by atoms with Crippen LogP contribution < -0.4 is 5.56 Å². The van der Waals surface area contributed by atoms with Crippen LogP contribution in [0.25, 0.3) is 16.7 Å². The Morgan fingerprint density at radius 3 is 2.63 bits per heavy atom. The van der Waals surface area contributed by atoms with Gasteiger partial charge < -0.3 is 4.90 Å². The molecular formula is C20H21FN4O2. The maximum Gasteiger partial charge on any atom is 0.252 e. The molecule has 0 N–H and O–H groups in total. The van der Waals surface area contributed by atoms with E-state index in [0.717, 1.165) is 42.6 Å². The number of nitrogens with zero attached hydrogens (tertiary/aromatic N) is 4. The molecule has 4 rings (SSSR count). The van der Waals surface area contributed by atoms with Gasteiger partial charge in [0.15, 0.2) is 0 Å². The third kappa shape index (κ3) is 3.03. The lowest BCUT2D eigenvalue weighted by Gasteiger charge is -2.17. The first-order valence-electron chi connectivity index (χ1n) is 9.09. The molecule has 6 nitrogen and oxygen atoms in total. The molecule has 1 aromatic carbocycles. The molecule has 0 unspecified atom stereocenters. The second kappa shape index (κ2) is 6.64. The summed E-state index contributed by atoms with van der Waals surface area (Å²) in [5, 5.41) is 5.35. The van der Waals surface area contributed by atoms with E-state index in [9.17, 15) is 14.0 Å². The molecule has 1 amide bonds. The zero-order valence-electron chi connectivity index (χ0n) is 15.4. The number of benzene rings is 1. The monoisotopic (exact) mass is 368 g/mol. The van der Waals surface area contributed by atoms with Crippen LogP contribution >= 0.6 is 0 Å². The van der Waals surface area contributed by atoms with Crippen LogP contribution in [0.3, 0.4) is 0 Å². The molecular weight excluding hydrogens is 347 g/mol. The quantitative estimate of drug-likeness (QED) is 0.714. The smallest absolute Gasteiger partial charge is 0.252 e. The van der Waals surface area contributed by atoms with Crippen molar-refractivity contribution in [2.45, 2.75) is 33.2 Å². The van der Waals surface area contributed by atoms with Crippen molar-refractivity contribution >= 4 is 16.9 Å². The van der Waals surface area contributed by atoms with Gasteiger partial charge in [0.25, 0.3) is 5.56 Å². The first kappa shape index (κ1) is 17.5. The highest BCUT2D eigenvalue weighted by molar-refractivity contribution is 5.85. The summed E-state index contributed by atoms with van der Waals surface area (Å²) in [6.07, 6.45) is 1.98. The van der Waals surface area contributed by atoms with Gasteiger partial charge in [-0.05, 0) is 50.5 Å². The minimum absolute atomic E-state index is 0.0456. The molecule has 3 aromatic rings. The Balaban J connectivity index is 1.92. The molecule has 140 valence electrons. The topological polar surface area (TPSA) is 60.1 Å². The van der Waals surface area contributed by atoms with E-state index in [2.05, 4.69) is 5.10 Å². The van der Waals surface area contributed by atoms with Crippen LogP contribution in [0.4, 0.5) is 4.39 Å². The summed E-state index contributed by atoms with van der Waals surface area (Å²) in [5.41, 5.74) is 2.30. The maximum absolute atomic E-state index is 13.8. The van der Waals surface area contributed by atoms with Crippen molar-refractivity contribution in [3.05, 3.63) is 57.8 Å². The number of aromatic nitrogens is 3. The summed E-state index contributed by atoms with van der Waals surface area (Å²) in [5.74, 6) is -0.465. The minimum Gasteiger partial charge on any atom is -0.341 e. The SMILES string of the molecule is Cc1cc(=O)n(CC(=O)N2CCCC2)c2c1c(C)nn2-c1cccc(F)c1. The van der Waals surface area contributed by atoms with E-state index in [1.165, 1.54) is 22.8 Å². The van der Waals surface area contributed by atoms with Crippen molar-refractivity contribution in [3.8, 4) is 5.69 Å². The van der Waals surface area contributed by atoms with E-state index < -0.39 is 0 Å². The number of likely N-dealkylation sites (tertiary alicyclic amines) is 1. The Bertz CT molecular complexity index is 1090. The van der Waals surface area contributed by atoms with Crippen molar-refractivity contribution in [2.24, 2.45) is 0 Å². The van der Waals surface area contributed by atoms with E-state index in [4.69, 9.17) is 0 Å². The van der Waals surface area contributed by atoms with Crippen molar-refractivity contribution in [1.29, 1.82) is 0 Å². The molecule has 1 saturated heterocycles. The largest absolute Gasteiger partial charge is 0.341 e. The normalized spacial score (nSPS) is 14.3. The molecule has 0 aliphatic carbocycles. The zero-order valence-corrected chi connectivity index (χ0v) is 15.4. The summed E-state index contributed by atoms with van der Waals surface area (Å²) in [6.45, 7) is 5.11. The first-order valence-corrected chi connectivity index (χ1v) is 9.09. The van der Waals surface area contributed by atoms with Gasteiger partial charge in [0, 0.05) is 24.5 Å². The summed E-state index contributed by atoms with van der Waals surface area (Å²) in [7, 11) is 0. The Morgan fingerprint density at radius 1 is 1.19 bits per heavy atom. The number of fused-ring (bicyclic) bond motifs is 1. The fourth-order valence-electron chi connectivity index (χ4n) is 3.81. The number of carbonyl (C=O) groups is 1. The van der Waals surface area contributed by atoms with Crippen LogP contribution in [-0.2, 0) is 11.3 Å². The molecule has 27 heavy (non-hydrogen) atoms. The van der Waals surface area contributed by atoms with Crippen LogP contribution in [0.2, 0.25) is 0 Å². The summed E-state index contributed by atoms with van der Waals surface area (Å²) >= 11 is 0. The minimum atomic E-state index is -0.386. The van der Waals surface area contributed by atoms with Gasteiger partial charge in [-0.25, -0.2) is 9.07 Å². The number of carbonyl (C=O) groups excluding carboxylic acids is 1. The van der Waals surface area contributed by atoms with Gasteiger partial charge in [0.2, 0.25) is 5.91 Å². The predicted octanol–water partition coefficient (Wildman–Crippen LogP) is 2.57. The lowest BCUT2D eigenvalue weighted by Crippen LogP contribution is -2.35. The maximum atomic E-state index is 13.8. The average molecular weight is 368 g/mol. The van der Waals surface area contributed by atoms with E-state index in [0.29, 0.717) is 11.3 Å². The molecule has 0 saturated carbocycles. The molecule has 0 radical (unpaired) electrons. The molecule has 0 spiro atoms. The second-order valence-corrected chi connectivity index (χ2v) is 7.02. The number of hydrogen-bond acceptors (Lipinski definition) is 3. The number of aryl methyl sites for hydroxylation is 2. The lowest BCUT2D eigenvalue weighted by atomic mass is 10.1. The van der Waals surface area contributed by atoms with Gasteiger partial charge in [-0.1, -0.05) is 6.07 Å². The van der Waals surface area contributed by atoms with Gasteiger partial charge in [-0.3, -0.25) is 14.2 Å². The second-order valence-electron chi connectivity index (χ2n) is 7.02. The van der Waals surface area contributed by atoms with Crippen molar-refractivity contribution in [3.63, 3.8) is 0 Å². The first-order chi connectivity index (χ1) is 13.0. The van der Waals surface area contributed by atoms with Crippen LogP contribution in [0.15, 0.2) is 35.1 Å². The number of rotatable bonds is 3. The number of pyridine rings is 1. The number of hydrogen-bond donors (Lipinski definition) is 0.